The molecule has 8 heteroatoms. The number of piperidine rings is 1. The summed E-state index contributed by atoms with van der Waals surface area (Å²) in [5.41, 5.74) is 0.357. The maximum absolute atomic E-state index is 12.5. The summed E-state index contributed by atoms with van der Waals surface area (Å²) >= 11 is 0. The zero-order valence-corrected chi connectivity index (χ0v) is 12.3. The van der Waals surface area contributed by atoms with Crippen molar-refractivity contribution >= 4 is 16.0 Å². The Hall–Kier alpha value is -1.41. The minimum atomic E-state index is -3.60. The van der Waals surface area contributed by atoms with E-state index in [1.165, 1.54) is 4.31 Å². The van der Waals surface area contributed by atoms with Crippen LogP contribution < -0.4 is 0 Å². The zero-order chi connectivity index (χ0) is 14.9. The lowest BCUT2D eigenvalue weighted by molar-refractivity contribution is -0.138. The monoisotopic (exact) mass is 302 g/mol. The largest absolute Gasteiger partial charge is 0.481 e. The van der Waals surface area contributed by atoms with E-state index >= 15 is 0 Å². The van der Waals surface area contributed by atoms with Gasteiger partial charge in [-0.3, -0.25) is 4.79 Å². The number of aryl methyl sites for hydroxylation is 2. The fourth-order valence-corrected chi connectivity index (χ4v) is 4.33. The molecule has 1 aromatic heterocycles. The molecule has 1 aliphatic heterocycles. The van der Waals surface area contributed by atoms with E-state index in [0.717, 1.165) is 0 Å². The molecule has 0 atom stereocenters. The Labute approximate surface area is 117 Å². The Morgan fingerprint density at radius 1 is 1.40 bits per heavy atom. The molecule has 20 heavy (non-hydrogen) atoms. The van der Waals surface area contributed by atoms with E-state index in [2.05, 4.69) is 5.16 Å². The number of carboxylic acid groups (broad SMARTS) is 1. The Bertz CT molecular complexity index is 580. The molecule has 1 fully saturated rings. The van der Waals surface area contributed by atoms with Crippen LogP contribution in [0.2, 0.25) is 0 Å². The van der Waals surface area contributed by atoms with Gasteiger partial charge in [0.05, 0.1) is 0 Å². The smallest absolute Gasteiger partial charge is 0.303 e. The molecule has 0 spiro atoms. The molecule has 7 nitrogen and oxygen atoms in total. The van der Waals surface area contributed by atoms with Gasteiger partial charge in [-0.25, -0.2) is 8.42 Å². The summed E-state index contributed by atoms with van der Waals surface area (Å²) in [5.74, 6) is -0.504. The van der Waals surface area contributed by atoms with Crippen molar-refractivity contribution in [3.63, 3.8) is 0 Å². The number of hydrogen-bond donors (Lipinski definition) is 1. The molecule has 1 N–H and O–H groups in total. The summed E-state index contributed by atoms with van der Waals surface area (Å²) in [7, 11) is -3.60. The van der Waals surface area contributed by atoms with Crippen LogP contribution in [0.15, 0.2) is 9.42 Å². The van der Waals surface area contributed by atoms with E-state index < -0.39 is 16.0 Å². The molecule has 0 saturated carbocycles. The quantitative estimate of drug-likeness (QED) is 0.896. The molecule has 0 unspecified atom stereocenters. The van der Waals surface area contributed by atoms with Crippen LogP contribution in [0.3, 0.4) is 0 Å². The maximum Gasteiger partial charge on any atom is 0.303 e. The van der Waals surface area contributed by atoms with Gasteiger partial charge in [0, 0.05) is 19.5 Å². The molecule has 1 saturated heterocycles. The van der Waals surface area contributed by atoms with Crippen LogP contribution in [-0.2, 0) is 14.8 Å². The van der Waals surface area contributed by atoms with Gasteiger partial charge in [-0.15, -0.1) is 0 Å². The fraction of sp³-hybridized carbons (Fsp3) is 0.667. The van der Waals surface area contributed by atoms with Crippen LogP contribution in [0.5, 0.6) is 0 Å². The van der Waals surface area contributed by atoms with Gasteiger partial charge in [0.25, 0.3) is 0 Å². The number of hydrogen-bond acceptors (Lipinski definition) is 5. The topological polar surface area (TPSA) is 101 Å². The van der Waals surface area contributed by atoms with Crippen LogP contribution in [-0.4, -0.2) is 42.0 Å². The Morgan fingerprint density at radius 3 is 2.45 bits per heavy atom. The first-order valence-corrected chi connectivity index (χ1v) is 7.91. The molecule has 0 amide bonds. The lowest BCUT2D eigenvalue weighted by atomic mass is 9.95. The van der Waals surface area contributed by atoms with Gasteiger partial charge in [0.15, 0.2) is 5.76 Å². The standard InChI is InChI=1S/C12H18N2O5S/c1-8-12(9(2)19-13-8)20(17,18)14-5-3-10(4-6-14)7-11(15)16/h10H,3-7H2,1-2H3,(H,15,16). The number of aliphatic carboxylic acids is 1. The van der Waals surface area contributed by atoms with Crippen molar-refractivity contribution in [2.75, 3.05) is 13.1 Å². The van der Waals surface area contributed by atoms with E-state index in [-0.39, 0.29) is 23.0 Å². The van der Waals surface area contributed by atoms with E-state index in [1.54, 1.807) is 13.8 Å². The minimum Gasteiger partial charge on any atom is -0.481 e. The summed E-state index contributed by atoms with van der Waals surface area (Å²) in [6, 6.07) is 0. The highest BCUT2D eigenvalue weighted by atomic mass is 32.2. The average molecular weight is 302 g/mol. The van der Waals surface area contributed by atoms with Crippen molar-refractivity contribution < 1.29 is 22.8 Å². The van der Waals surface area contributed by atoms with Gasteiger partial charge >= 0.3 is 5.97 Å². The lowest BCUT2D eigenvalue weighted by Crippen LogP contribution is -2.39. The van der Waals surface area contributed by atoms with E-state index in [1.807, 2.05) is 0 Å². The number of aromatic nitrogens is 1. The Morgan fingerprint density at radius 2 is 2.00 bits per heavy atom. The van der Waals surface area contributed by atoms with Crippen molar-refractivity contribution in [3.8, 4) is 0 Å². The van der Waals surface area contributed by atoms with Crippen molar-refractivity contribution in [1.82, 2.24) is 9.46 Å². The van der Waals surface area contributed by atoms with E-state index in [0.29, 0.717) is 31.6 Å². The second-order valence-electron chi connectivity index (χ2n) is 5.10. The highest BCUT2D eigenvalue weighted by molar-refractivity contribution is 7.89. The number of rotatable bonds is 4. The van der Waals surface area contributed by atoms with Gasteiger partial charge in [0.1, 0.15) is 10.6 Å². The van der Waals surface area contributed by atoms with Crippen molar-refractivity contribution in [2.24, 2.45) is 5.92 Å². The first-order chi connectivity index (χ1) is 9.32. The Balaban J connectivity index is 2.12. The molecule has 0 aliphatic carbocycles. The van der Waals surface area contributed by atoms with Gasteiger partial charge in [0.2, 0.25) is 10.0 Å². The van der Waals surface area contributed by atoms with Gasteiger partial charge in [-0.05, 0) is 32.6 Å². The Kier molecular flexibility index (Phi) is 4.14. The number of sulfonamides is 1. The molecule has 0 bridgehead atoms. The molecular weight excluding hydrogens is 284 g/mol. The van der Waals surface area contributed by atoms with Crippen LogP contribution in [0.1, 0.15) is 30.7 Å². The molecule has 2 rings (SSSR count). The van der Waals surface area contributed by atoms with Gasteiger partial charge in [-0.2, -0.15) is 4.31 Å². The summed E-state index contributed by atoms with van der Waals surface area (Å²) in [4.78, 5) is 10.8. The second kappa shape index (κ2) is 5.53. The first kappa shape index (κ1) is 15.0. The first-order valence-electron chi connectivity index (χ1n) is 6.47. The van der Waals surface area contributed by atoms with Crippen molar-refractivity contribution in [3.05, 3.63) is 11.5 Å². The normalized spacial score (nSPS) is 18.3. The van der Waals surface area contributed by atoms with Gasteiger partial charge in [-0.1, -0.05) is 5.16 Å². The molecule has 112 valence electrons. The fourth-order valence-electron chi connectivity index (χ4n) is 2.57. The zero-order valence-electron chi connectivity index (χ0n) is 11.5. The molecule has 0 radical (unpaired) electrons. The van der Waals surface area contributed by atoms with E-state index in [9.17, 15) is 13.2 Å². The molecule has 0 aromatic carbocycles. The average Bonchev–Trinajstić information content (AvgIpc) is 2.69. The SMILES string of the molecule is Cc1noc(C)c1S(=O)(=O)N1CCC(CC(=O)O)CC1. The van der Waals surface area contributed by atoms with Crippen LogP contribution in [0, 0.1) is 19.8 Å². The highest BCUT2D eigenvalue weighted by Crippen LogP contribution is 2.28. The highest BCUT2D eigenvalue weighted by Gasteiger charge is 2.34. The summed E-state index contributed by atoms with van der Waals surface area (Å²) in [6.45, 7) is 3.85. The van der Waals surface area contributed by atoms with E-state index in [4.69, 9.17) is 9.63 Å². The maximum atomic E-state index is 12.5. The number of nitrogens with zero attached hydrogens (tertiary/aromatic N) is 2. The van der Waals surface area contributed by atoms with Crippen LogP contribution >= 0.6 is 0 Å². The third kappa shape index (κ3) is 2.85. The molecule has 1 aliphatic rings. The van der Waals surface area contributed by atoms with Gasteiger partial charge < -0.3 is 9.63 Å². The third-order valence-corrected chi connectivity index (χ3v) is 5.75. The summed E-state index contributed by atoms with van der Waals surface area (Å²) in [5, 5.41) is 12.4. The predicted molar refractivity (Wildman–Crippen MR) is 69.7 cm³/mol. The predicted octanol–water partition coefficient (Wildman–Crippen LogP) is 1.17. The third-order valence-electron chi connectivity index (χ3n) is 3.60. The molecule has 2 heterocycles. The minimum absolute atomic E-state index is 0.0450. The second-order valence-corrected chi connectivity index (χ2v) is 6.97. The molecule has 1 aromatic rings. The summed E-state index contributed by atoms with van der Waals surface area (Å²) in [6.07, 6.45) is 1.23. The van der Waals surface area contributed by atoms with Crippen LogP contribution in [0.4, 0.5) is 0 Å². The summed E-state index contributed by atoms with van der Waals surface area (Å²) < 4.78 is 31.4. The van der Waals surface area contributed by atoms with Crippen LogP contribution in [0.25, 0.3) is 0 Å². The molecular formula is C12H18N2O5S. The lowest BCUT2D eigenvalue weighted by Gasteiger charge is -2.30. The number of carboxylic acids is 1. The van der Waals surface area contributed by atoms with Crippen molar-refractivity contribution in [2.45, 2.75) is 38.0 Å². The number of carbonyl (C=O) groups is 1. The van der Waals surface area contributed by atoms with Crippen molar-refractivity contribution in [1.29, 1.82) is 0 Å².